The van der Waals surface area contributed by atoms with Crippen molar-refractivity contribution in [3.8, 4) is 0 Å². The third-order valence-corrected chi connectivity index (χ3v) is 3.76. The molecule has 0 N–H and O–H groups in total. The molecule has 3 amide bonds. The maximum absolute atomic E-state index is 12.3. The van der Waals surface area contributed by atoms with Gasteiger partial charge in [0.15, 0.2) is 0 Å². The summed E-state index contributed by atoms with van der Waals surface area (Å²) in [4.78, 5) is 31.4. The predicted octanol–water partition coefficient (Wildman–Crippen LogP) is 3.16. The number of amides is 3. The summed E-state index contributed by atoms with van der Waals surface area (Å²) in [6.07, 6.45) is 0.587. The van der Waals surface area contributed by atoms with E-state index in [2.05, 4.69) is 4.98 Å². The zero-order valence-corrected chi connectivity index (χ0v) is 12.2. The number of carbonyl (C=O) groups excluding carboxylic acids is 2. The molecule has 110 valence electrons. The number of likely N-dealkylation sites (N-methyl/N-ethyl adjacent to an activating group) is 1. The smallest absolute Gasteiger partial charge is 0.315 e. The lowest BCUT2D eigenvalue weighted by Crippen LogP contribution is -2.33. The van der Waals surface area contributed by atoms with Gasteiger partial charge in [0.2, 0.25) is 0 Å². The van der Waals surface area contributed by atoms with Gasteiger partial charge in [-0.1, -0.05) is 26.0 Å². The maximum atomic E-state index is 12.3. The minimum atomic E-state index is -0.412. The van der Waals surface area contributed by atoms with Gasteiger partial charge >= 0.3 is 6.03 Å². The number of hydrogen-bond donors (Lipinski definition) is 0. The Bertz CT molecular complexity index is 560. The molecule has 1 aromatic heterocycles. The summed E-state index contributed by atoms with van der Waals surface area (Å²) in [5.41, 5.74) is 1.31. The lowest BCUT2D eigenvalue weighted by atomic mass is 10.2. The quantitative estimate of drug-likeness (QED) is 0.788. The molecular formula is C14H20ClN3O2. The Labute approximate surface area is 124 Å². The van der Waals surface area contributed by atoms with Crippen LogP contribution in [0.4, 0.5) is 10.6 Å². The van der Waals surface area contributed by atoms with Crippen LogP contribution in [0.1, 0.15) is 32.0 Å². The van der Waals surface area contributed by atoms with Crippen LogP contribution in [0.15, 0.2) is 6.07 Å². The summed E-state index contributed by atoms with van der Waals surface area (Å²) in [5.74, 6) is 0.145. The van der Waals surface area contributed by atoms with E-state index in [1.165, 1.54) is 4.90 Å². The molecule has 0 bridgehead atoms. The number of rotatable bonds is 2. The van der Waals surface area contributed by atoms with E-state index in [0.29, 0.717) is 28.5 Å². The van der Waals surface area contributed by atoms with E-state index in [-0.39, 0.29) is 19.4 Å². The molecule has 1 aromatic rings. The zero-order valence-electron chi connectivity index (χ0n) is 11.4. The summed E-state index contributed by atoms with van der Waals surface area (Å²) >= 11 is 5.99. The highest BCUT2D eigenvalue weighted by Crippen LogP contribution is 2.29. The van der Waals surface area contributed by atoms with Crippen LogP contribution in [0.25, 0.3) is 0 Å². The number of hydrogen-bond acceptors (Lipinski definition) is 3. The van der Waals surface area contributed by atoms with Crippen molar-refractivity contribution in [3.05, 3.63) is 22.3 Å². The molecule has 0 radical (unpaired) electrons. The molecule has 1 atom stereocenters. The lowest BCUT2D eigenvalue weighted by Gasteiger charge is -2.16. The van der Waals surface area contributed by atoms with Crippen molar-refractivity contribution in [1.82, 2.24) is 9.88 Å². The number of halogens is 1. The molecular weight excluding hydrogens is 278 g/mol. The van der Waals surface area contributed by atoms with Crippen LogP contribution in [0, 0.1) is 13.8 Å². The van der Waals surface area contributed by atoms with Crippen molar-refractivity contribution < 1.29 is 9.59 Å². The molecule has 2 heterocycles. The molecule has 1 aliphatic rings. The van der Waals surface area contributed by atoms with Crippen molar-refractivity contribution in [1.29, 1.82) is 0 Å². The third-order valence-electron chi connectivity index (χ3n) is 3.38. The molecule has 2 rings (SSSR count). The Balaban J connectivity index is 0.00000200. The fourth-order valence-corrected chi connectivity index (χ4v) is 2.44. The van der Waals surface area contributed by atoms with Gasteiger partial charge in [-0.05, 0) is 31.9 Å². The van der Waals surface area contributed by atoms with Crippen molar-refractivity contribution in [2.24, 2.45) is 0 Å². The summed E-state index contributed by atoms with van der Waals surface area (Å²) in [6, 6.07) is 0.970. The Morgan fingerprint density at radius 3 is 2.45 bits per heavy atom. The monoisotopic (exact) mass is 297 g/mol. The molecule has 1 saturated heterocycles. The Hall–Kier alpha value is -1.62. The maximum Gasteiger partial charge on any atom is 0.333 e. The fourth-order valence-electron chi connectivity index (χ4n) is 2.23. The Morgan fingerprint density at radius 1 is 1.35 bits per heavy atom. The molecule has 0 saturated carbocycles. The summed E-state index contributed by atoms with van der Waals surface area (Å²) in [7, 11) is 1.63. The van der Waals surface area contributed by atoms with E-state index in [1.807, 2.05) is 6.92 Å². The van der Waals surface area contributed by atoms with Gasteiger partial charge in [0.25, 0.3) is 5.91 Å². The number of urea groups is 1. The van der Waals surface area contributed by atoms with Crippen LogP contribution in [-0.2, 0) is 4.79 Å². The van der Waals surface area contributed by atoms with Gasteiger partial charge in [-0.25, -0.2) is 14.7 Å². The topological polar surface area (TPSA) is 53.5 Å². The first-order valence-corrected chi connectivity index (χ1v) is 6.50. The molecule has 1 aliphatic heterocycles. The van der Waals surface area contributed by atoms with Crippen molar-refractivity contribution >= 4 is 29.4 Å². The second-order valence-corrected chi connectivity index (χ2v) is 5.09. The van der Waals surface area contributed by atoms with Crippen LogP contribution < -0.4 is 4.90 Å². The Kier molecular flexibility index (Phi) is 4.76. The third kappa shape index (κ3) is 2.38. The van der Waals surface area contributed by atoms with Gasteiger partial charge in [0.1, 0.15) is 11.9 Å². The summed E-state index contributed by atoms with van der Waals surface area (Å²) in [6.45, 7) is 5.41. The highest BCUT2D eigenvalue weighted by molar-refractivity contribution is 6.31. The molecule has 5 nitrogen and oxygen atoms in total. The number of pyridine rings is 1. The molecule has 20 heavy (non-hydrogen) atoms. The fraction of sp³-hybridized carbons (Fsp3) is 0.500. The zero-order chi connectivity index (χ0) is 14.3. The normalized spacial score (nSPS) is 18.6. The highest BCUT2D eigenvalue weighted by Gasteiger charge is 2.44. The standard InChI is InChI=1S/C13H16ClN3O2.CH4/c1-5-10-12(18)17(13(19)16(10)4)11-7(2)6-9(14)8(3)15-11;/h6,10H,5H2,1-4H3;1H4. The number of imide groups is 1. The molecule has 6 heteroatoms. The van der Waals surface area contributed by atoms with Crippen LogP contribution >= 0.6 is 11.6 Å². The lowest BCUT2D eigenvalue weighted by molar-refractivity contribution is -0.119. The number of aryl methyl sites for hydroxylation is 2. The van der Waals surface area contributed by atoms with Crippen LogP contribution in [0.5, 0.6) is 0 Å². The number of nitrogens with zero attached hydrogens (tertiary/aromatic N) is 3. The summed E-state index contributed by atoms with van der Waals surface area (Å²) in [5, 5.41) is 0.528. The van der Waals surface area contributed by atoms with Gasteiger partial charge in [-0.3, -0.25) is 4.79 Å². The van der Waals surface area contributed by atoms with Gasteiger partial charge in [-0.2, -0.15) is 0 Å². The van der Waals surface area contributed by atoms with Crippen LogP contribution in [0.2, 0.25) is 5.02 Å². The molecule has 1 unspecified atom stereocenters. The minimum Gasteiger partial charge on any atom is -0.315 e. The average Bonchev–Trinajstić information content (AvgIpc) is 2.56. The first kappa shape index (κ1) is 16.4. The number of aromatic nitrogens is 1. The molecule has 0 aromatic carbocycles. The first-order valence-electron chi connectivity index (χ1n) is 6.13. The highest BCUT2D eigenvalue weighted by atomic mass is 35.5. The second-order valence-electron chi connectivity index (χ2n) is 4.69. The SMILES string of the molecule is C.CCC1C(=O)N(c2nc(C)c(Cl)cc2C)C(=O)N1C. The van der Waals surface area contributed by atoms with Gasteiger partial charge in [-0.15, -0.1) is 0 Å². The van der Waals surface area contributed by atoms with E-state index in [1.54, 1.807) is 27.0 Å². The van der Waals surface area contributed by atoms with Crippen LogP contribution in [0.3, 0.4) is 0 Å². The van der Waals surface area contributed by atoms with Gasteiger partial charge in [0.05, 0.1) is 10.7 Å². The number of carbonyl (C=O) groups is 2. The van der Waals surface area contributed by atoms with Crippen LogP contribution in [-0.4, -0.2) is 34.9 Å². The van der Waals surface area contributed by atoms with Gasteiger partial charge in [0, 0.05) is 7.05 Å². The largest absolute Gasteiger partial charge is 0.333 e. The van der Waals surface area contributed by atoms with E-state index in [9.17, 15) is 9.59 Å². The van der Waals surface area contributed by atoms with E-state index in [4.69, 9.17) is 11.6 Å². The molecule has 0 spiro atoms. The minimum absolute atomic E-state index is 0. The number of anilines is 1. The van der Waals surface area contributed by atoms with E-state index in [0.717, 1.165) is 4.90 Å². The predicted molar refractivity (Wildman–Crippen MR) is 80.2 cm³/mol. The van der Waals surface area contributed by atoms with Gasteiger partial charge < -0.3 is 4.90 Å². The van der Waals surface area contributed by atoms with Crippen molar-refractivity contribution in [2.75, 3.05) is 11.9 Å². The molecule has 1 fully saturated rings. The van der Waals surface area contributed by atoms with E-state index < -0.39 is 6.04 Å². The van der Waals surface area contributed by atoms with Crippen molar-refractivity contribution in [3.63, 3.8) is 0 Å². The molecule has 0 aliphatic carbocycles. The average molecular weight is 298 g/mol. The van der Waals surface area contributed by atoms with Crippen molar-refractivity contribution in [2.45, 2.75) is 40.7 Å². The summed E-state index contributed by atoms with van der Waals surface area (Å²) < 4.78 is 0. The Morgan fingerprint density at radius 2 is 1.95 bits per heavy atom. The first-order chi connectivity index (χ1) is 8.88. The second kappa shape index (κ2) is 5.79. The van der Waals surface area contributed by atoms with E-state index >= 15 is 0 Å².